The number of hydrogen-bond donors (Lipinski definition) is 0. The molecule has 5 nitrogen and oxygen atoms in total. The van der Waals surface area contributed by atoms with E-state index in [1.54, 1.807) is 7.11 Å². The van der Waals surface area contributed by atoms with Crippen molar-refractivity contribution in [2.24, 2.45) is 0 Å². The van der Waals surface area contributed by atoms with Crippen LogP contribution in [-0.2, 0) is 23.8 Å². The van der Waals surface area contributed by atoms with Gasteiger partial charge in [-0.1, -0.05) is 32.6 Å². The summed E-state index contributed by atoms with van der Waals surface area (Å²) >= 11 is 0. The van der Waals surface area contributed by atoms with Gasteiger partial charge in [0, 0.05) is 20.0 Å². The maximum atomic E-state index is 11.4. The molecular weight excluding hydrogens is 260 g/mol. The van der Waals surface area contributed by atoms with E-state index in [0.29, 0.717) is 19.6 Å². The molecule has 0 radical (unpaired) electrons. The van der Waals surface area contributed by atoms with Gasteiger partial charge in [-0.3, -0.25) is 9.59 Å². The molecule has 0 saturated carbocycles. The zero-order chi connectivity index (χ0) is 15.1. The monoisotopic (exact) mass is 288 g/mol. The molecule has 0 fully saturated rings. The molecule has 0 aromatic rings. The number of unbranched alkanes of at least 4 members (excludes halogenated alkanes) is 4. The Morgan fingerprint density at radius 3 is 1.95 bits per heavy atom. The van der Waals surface area contributed by atoms with Crippen LogP contribution < -0.4 is 0 Å². The summed E-state index contributed by atoms with van der Waals surface area (Å²) in [5.74, 6) is -0.528. The molecule has 118 valence electrons. The molecule has 0 aliphatic heterocycles. The van der Waals surface area contributed by atoms with Crippen molar-refractivity contribution in [3.05, 3.63) is 0 Å². The van der Waals surface area contributed by atoms with Crippen LogP contribution in [0.15, 0.2) is 0 Å². The molecule has 0 N–H and O–H groups in total. The lowest BCUT2D eigenvalue weighted by Gasteiger charge is -2.05. The second-order valence-electron chi connectivity index (χ2n) is 4.70. The fourth-order valence-corrected chi connectivity index (χ4v) is 1.65. The Morgan fingerprint density at radius 1 is 0.750 bits per heavy atom. The van der Waals surface area contributed by atoms with Crippen molar-refractivity contribution in [2.45, 2.75) is 58.3 Å². The summed E-state index contributed by atoms with van der Waals surface area (Å²) in [4.78, 5) is 22.6. The van der Waals surface area contributed by atoms with Gasteiger partial charge in [-0.2, -0.15) is 0 Å². The fourth-order valence-electron chi connectivity index (χ4n) is 1.65. The van der Waals surface area contributed by atoms with Gasteiger partial charge >= 0.3 is 11.9 Å². The van der Waals surface area contributed by atoms with Crippen LogP contribution in [0.5, 0.6) is 0 Å². The Bertz CT molecular complexity index is 253. The van der Waals surface area contributed by atoms with Crippen LogP contribution in [0.25, 0.3) is 0 Å². The van der Waals surface area contributed by atoms with Crippen LogP contribution in [0, 0.1) is 0 Å². The maximum absolute atomic E-state index is 11.4. The quantitative estimate of drug-likeness (QED) is 0.385. The highest BCUT2D eigenvalue weighted by atomic mass is 16.6. The van der Waals surface area contributed by atoms with Gasteiger partial charge in [0.1, 0.15) is 6.61 Å². The molecule has 0 unspecified atom stereocenters. The van der Waals surface area contributed by atoms with E-state index in [1.165, 1.54) is 19.3 Å². The Balaban J connectivity index is 3.33. The topological polar surface area (TPSA) is 61.8 Å². The predicted octanol–water partition coefficient (Wildman–Crippen LogP) is 2.86. The highest BCUT2D eigenvalue weighted by Gasteiger charge is 2.07. The molecule has 0 aromatic carbocycles. The van der Waals surface area contributed by atoms with Crippen LogP contribution in [0.2, 0.25) is 0 Å². The smallest absolute Gasteiger partial charge is 0.305 e. The third-order valence-electron chi connectivity index (χ3n) is 2.82. The van der Waals surface area contributed by atoms with E-state index in [0.717, 1.165) is 12.8 Å². The largest absolute Gasteiger partial charge is 0.466 e. The molecule has 0 aromatic heterocycles. The van der Waals surface area contributed by atoms with Crippen LogP contribution in [-0.4, -0.2) is 38.9 Å². The molecule has 0 spiro atoms. The number of carbonyl (C=O) groups excluding carboxylic acids is 2. The van der Waals surface area contributed by atoms with Gasteiger partial charge in [-0.25, -0.2) is 0 Å². The van der Waals surface area contributed by atoms with Crippen molar-refractivity contribution in [2.75, 3.05) is 26.9 Å². The summed E-state index contributed by atoms with van der Waals surface area (Å²) in [6.45, 7) is 3.31. The van der Waals surface area contributed by atoms with Crippen molar-refractivity contribution in [1.82, 2.24) is 0 Å². The van der Waals surface area contributed by atoms with E-state index in [2.05, 4.69) is 6.92 Å². The molecular formula is C15H28O5. The normalized spacial score (nSPS) is 10.3. The number of hydrogen-bond acceptors (Lipinski definition) is 5. The van der Waals surface area contributed by atoms with E-state index < -0.39 is 0 Å². The molecule has 0 heterocycles. The zero-order valence-electron chi connectivity index (χ0n) is 12.8. The third kappa shape index (κ3) is 13.3. The van der Waals surface area contributed by atoms with Crippen molar-refractivity contribution in [3.8, 4) is 0 Å². The summed E-state index contributed by atoms with van der Waals surface area (Å²) in [7, 11) is 1.55. The molecule has 0 rings (SSSR count). The summed E-state index contributed by atoms with van der Waals surface area (Å²) in [6, 6.07) is 0. The van der Waals surface area contributed by atoms with Gasteiger partial charge < -0.3 is 14.2 Å². The number of esters is 2. The standard InChI is InChI=1S/C15H28O5/c1-3-4-5-6-7-11-19-14(16)9-8-10-15(17)20-13-12-18-2/h3-13H2,1-2H3. The minimum absolute atomic E-state index is 0.231. The van der Waals surface area contributed by atoms with Crippen molar-refractivity contribution in [1.29, 1.82) is 0 Å². The first-order valence-corrected chi connectivity index (χ1v) is 7.50. The van der Waals surface area contributed by atoms with E-state index >= 15 is 0 Å². The SMILES string of the molecule is CCCCCCCOC(=O)CCCC(=O)OCCOC. The summed E-state index contributed by atoms with van der Waals surface area (Å²) in [6.07, 6.45) is 6.66. The average molecular weight is 288 g/mol. The highest BCUT2D eigenvalue weighted by Crippen LogP contribution is 2.04. The van der Waals surface area contributed by atoms with Crippen molar-refractivity contribution < 1.29 is 23.8 Å². The Kier molecular flexibility index (Phi) is 13.5. The van der Waals surface area contributed by atoms with Crippen molar-refractivity contribution in [3.63, 3.8) is 0 Å². The van der Waals surface area contributed by atoms with E-state index in [-0.39, 0.29) is 31.4 Å². The molecule has 0 bridgehead atoms. The summed E-state index contributed by atoms with van der Waals surface area (Å²) < 4.78 is 14.7. The predicted molar refractivity (Wildman–Crippen MR) is 76.4 cm³/mol. The second kappa shape index (κ2) is 14.3. The summed E-state index contributed by atoms with van der Waals surface area (Å²) in [5, 5.41) is 0. The molecule has 0 aliphatic rings. The van der Waals surface area contributed by atoms with Gasteiger partial charge in [0.05, 0.1) is 13.2 Å². The maximum Gasteiger partial charge on any atom is 0.305 e. The first kappa shape index (κ1) is 18.9. The number of rotatable bonds is 13. The molecule has 0 aliphatic carbocycles. The molecule has 0 amide bonds. The zero-order valence-corrected chi connectivity index (χ0v) is 12.8. The van der Waals surface area contributed by atoms with Crippen LogP contribution in [0.4, 0.5) is 0 Å². The van der Waals surface area contributed by atoms with E-state index in [1.807, 2.05) is 0 Å². The first-order chi connectivity index (χ1) is 9.70. The highest BCUT2D eigenvalue weighted by molar-refractivity contribution is 5.72. The number of carbonyl (C=O) groups is 2. The van der Waals surface area contributed by atoms with E-state index in [9.17, 15) is 9.59 Å². The van der Waals surface area contributed by atoms with Gasteiger partial charge in [0.25, 0.3) is 0 Å². The minimum Gasteiger partial charge on any atom is -0.466 e. The first-order valence-electron chi connectivity index (χ1n) is 7.50. The summed E-state index contributed by atoms with van der Waals surface area (Å²) in [5.41, 5.74) is 0. The Hall–Kier alpha value is -1.10. The second-order valence-corrected chi connectivity index (χ2v) is 4.70. The van der Waals surface area contributed by atoms with Crippen LogP contribution in [0.3, 0.4) is 0 Å². The van der Waals surface area contributed by atoms with Crippen molar-refractivity contribution >= 4 is 11.9 Å². The molecule has 0 atom stereocenters. The van der Waals surface area contributed by atoms with Gasteiger partial charge in [0.15, 0.2) is 0 Å². The lowest BCUT2D eigenvalue weighted by atomic mass is 10.2. The Labute approximate surface area is 122 Å². The fraction of sp³-hybridized carbons (Fsp3) is 0.867. The van der Waals surface area contributed by atoms with Gasteiger partial charge in [-0.15, -0.1) is 0 Å². The Morgan fingerprint density at radius 2 is 1.35 bits per heavy atom. The van der Waals surface area contributed by atoms with E-state index in [4.69, 9.17) is 14.2 Å². The molecule has 0 saturated heterocycles. The molecule has 20 heavy (non-hydrogen) atoms. The lowest BCUT2D eigenvalue weighted by Crippen LogP contribution is -2.11. The minimum atomic E-state index is -0.297. The van der Waals surface area contributed by atoms with Crippen LogP contribution >= 0.6 is 0 Å². The molecule has 5 heteroatoms. The van der Waals surface area contributed by atoms with Gasteiger partial charge in [0.2, 0.25) is 0 Å². The lowest BCUT2D eigenvalue weighted by molar-refractivity contribution is -0.146. The van der Waals surface area contributed by atoms with Crippen LogP contribution in [0.1, 0.15) is 58.3 Å². The average Bonchev–Trinajstić information content (AvgIpc) is 2.43. The number of ether oxygens (including phenoxy) is 3. The number of methoxy groups -OCH3 is 1. The van der Waals surface area contributed by atoms with Gasteiger partial charge in [-0.05, 0) is 12.8 Å². The third-order valence-corrected chi connectivity index (χ3v) is 2.82.